The van der Waals surface area contributed by atoms with Crippen LogP contribution >= 0.6 is 23.2 Å². The van der Waals surface area contributed by atoms with Crippen LogP contribution < -0.4 is 30.9 Å². The van der Waals surface area contributed by atoms with E-state index in [4.69, 9.17) is 27.9 Å². The van der Waals surface area contributed by atoms with E-state index in [1.807, 2.05) is 48.5 Å². The molecule has 0 radical (unpaired) electrons. The first-order chi connectivity index (χ1) is 30.6. The molecule has 11 nitrogen and oxygen atoms in total. The van der Waals surface area contributed by atoms with Crippen molar-refractivity contribution >= 4 is 63.9 Å². The molecule has 4 amide bonds. The lowest BCUT2D eigenvalue weighted by Gasteiger charge is -2.39. The van der Waals surface area contributed by atoms with Crippen molar-refractivity contribution < 1.29 is 28.3 Å². The summed E-state index contributed by atoms with van der Waals surface area (Å²) in [7, 11) is 1.57. The largest absolute Gasteiger partial charge is 0.494 e. The Labute approximate surface area is 382 Å². The van der Waals surface area contributed by atoms with Crippen LogP contribution in [0, 0.1) is 29.0 Å². The van der Waals surface area contributed by atoms with Crippen molar-refractivity contribution in [2.75, 3.05) is 42.3 Å². The number of methoxy groups -OCH3 is 1. The number of benzene rings is 4. The lowest BCUT2D eigenvalue weighted by atomic mass is 9.63. The van der Waals surface area contributed by atoms with Crippen LogP contribution in [0.2, 0.25) is 10.0 Å². The third-order valence-electron chi connectivity index (χ3n) is 13.6. The van der Waals surface area contributed by atoms with Gasteiger partial charge in [-0.2, -0.15) is 0 Å². The number of carbonyl (C=O) groups is 4. The van der Waals surface area contributed by atoms with Gasteiger partial charge >= 0.3 is 0 Å². The number of hydrogen-bond donors (Lipinski definition) is 4. The molecule has 0 bridgehead atoms. The Balaban J connectivity index is 0.955. The van der Waals surface area contributed by atoms with Crippen LogP contribution in [0.25, 0.3) is 0 Å². The fourth-order valence-electron chi connectivity index (χ4n) is 10.7. The maximum atomic E-state index is 16.3. The molecule has 5 aliphatic heterocycles. The number of imide groups is 1. The van der Waals surface area contributed by atoms with E-state index in [9.17, 15) is 19.2 Å². The molecule has 9 rings (SSSR count). The maximum absolute atomic E-state index is 16.3. The summed E-state index contributed by atoms with van der Waals surface area (Å²) < 4.78 is 22.2. The summed E-state index contributed by atoms with van der Waals surface area (Å²) in [5.74, 6) is 4.85. The maximum Gasteiger partial charge on any atom is 0.255 e. The van der Waals surface area contributed by atoms with Gasteiger partial charge in [-0.05, 0) is 90.3 Å². The smallest absolute Gasteiger partial charge is 0.255 e. The van der Waals surface area contributed by atoms with Gasteiger partial charge in [0.15, 0.2) is 0 Å². The van der Waals surface area contributed by atoms with E-state index in [-0.39, 0.29) is 53.1 Å². The molecule has 14 heteroatoms. The predicted octanol–water partition coefficient (Wildman–Crippen LogP) is 8.03. The van der Waals surface area contributed by atoms with Crippen LogP contribution in [-0.2, 0) is 26.3 Å². The van der Waals surface area contributed by atoms with Crippen molar-refractivity contribution in [2.45, 2.75) is 88.9 Å². The van der Waals surface area contributed by atoms with Gasteiger partial charge in [0.05, 0.1) is 23.9 Å². The first kappa shape index (κ1) is 43.6. The second-order valence-corrected chi connectivity index (χ2v) is 19.7. The zero-order valence-electron chi connectivity index (χ0n) is 36.2. The van der Waals surface area contributed by atoms with Gasteiger partial charge < -0.3 is 30.5 Å². The van der Waals surface area contributed by atoms with Crippen molar-refractivity contribution in [2.24, 2.45) is 11.3 Å². The Hall–Kier alpha value is -5.61. The molecule has 0 aliphatic carbocycles. The van der Waals surface area contributed by atoms with Gasteiger partial charge in [-0.1, -0.05) is 80.1 Å². The topological polar surface area (TPSA) is 132 Å². The number of carbonyl (C=O) groups excluding carboxylic acids is 4. The van der Waals surface area contributed by atoms with E-state index in [1.54, 1.807) is 30.2 Å². The highest BCUT2D eigenvalue weighted by Crippen LogP contribution is 2.57. The highest BCUT2D eigenvalue weighted by atomic mass is 35.5. The van der Waals surface area contributed by atoms with Crippen molar-refractivity contribution in [1.82, 2.24) is 15.5 Å². The second-order valence-electron chi connectivity index (χ2n) is 18.8. The Morgan fingerprint density at radius 3 is 2.62 bits per heavy atom. The van der Waals surface area contributed by atoms with Crippen LogP contribution in [0.15, 0.2) is 72.8 Å². The van der Waals surface area contributed by atoms with Crippen LogP contribution in [0.1, 0.15) is 91.4 Å². The van der Waals surface area contributed by atoms with Gasteiger partial charge in [-0.25, -0.2) is 4.39 Å². The molecule has 0 saturated carbocycles. The predicted molar refractivity (Wildman–Crippen MR) is 246 cm³/mol. The number of hydrogen-bond acceptors (Lipinski definition) is 8. The van der Waals surface area contributed by atoms with Crippen LogP contribution in [0.3, 0.4) is 0 Å². The molecule has 64 heavy (non-hydrogen) atoms. The summed E-state index contributed by atoms with van der Waals surface area (Å²) in [5, 5.41) is 13.4. The minimum atomic E-state index is -0.848. The number of halogens is 3. The van der Waals surface area contributed by atoms with E-state index in [0.29, 0.717) is 53.5 Å². The number of fused-ring (bicyclic) bond motifs is 3. The van der Waals surface area contributed by atoms with E-state index >= 15 is 4.39 Å². The summed E-state index contributed by atoms with van der Waals surface area (Å²) in [6.07, 6.45) is 3.01. The Bertz CT molecular complexity index is 2640. The van der Waals surface area contributed by atoms with Gasteiger partial charge in [0.1, 0.15) is 17.6 Å². The number of ether oxygens (including phenoxy) is 1. The molecule has 0 unspecified atom stereocenters. The first-order valence-electron chi connectivity index (χ1n) is 21.9. The van der Waals surface area contributed by atoms with Crippen LogP contribution in [0.4, 0.5) is 21.5 Å². The molecular formula is C50H51Cl2FN6O5. The van der Waals surface area contributed by atoms with Gasteiger partial charge in [-0.15, -0.1) is 0 Å². The minimum absolute atomic E-state index is 0.00464. The van der Waals surface area contributed by atoms with Crippen molar-refractivity contribution in [3.63, 3.8) is 0 Å². The number of piperidine rings is 2. The van der Waals surface area contributed by atoms with Crippen molar-refractivity contribution in [3.05, 3.63) is 116 Å². The fourth-order valence-corrected chi connectivity index (χ4v) is 11.0. The zero-order chi connectivity index (χ0) is 45.1. The molecule has 4 aromatic rings. The molecule has 1 spiro atoms. The summed E-state index contributed by atoms with van der Waals surface area (Å²) in [6.45, 7) is 8.69. The normalized spacial score (nSPS) is 25.0. The van der Waals surface area contributed by atoms with Gasteiger partial charge in [0, 0.05) is 89.5 Å². The lowest BCUT2D eigenvalue weighted by Crippen LogP contribution is -2.52. The molecule has 3 fully saturated rings. The van der Waals surface area contributed by atoms with E-state index < -0.39 is 35.1 Å². The highest BCUT2D eigenvalue weighted by molar-refractivity contribution is 6.31. The average molecular weight is 906 g/mol. The Morgan fingerprint density at radius 2 is 1.84 bits per heavy atom. The summed E-state index contributed by atoms with van der Waals surface area (Å²) in [5.41, 5.74) is 4.84. The van der Waals surface area contributed by atoms with Crippen LogP contribution in [-0.4, -0.2) is 73.4 Å². The van der Waals surface area contributed by atoms with Crippen molar-refractivity contribution in [1.29, 1.82) is 0 Å². The van der Waals surface area contributed by atoms with Gasteiger partial charge in [0.2, 0.25) is 17.7 Å². The summed E-state index contributed by atoms with van der Waals surface area (Å²) >= 11 is 12.9. The molecule has 0 aromatic heterocycles. The number of rotatable bonds is 7. The fraction of sp³-hybridized carbons (Fsp3) is 0.400. The number of amides is 4. The standard InChI is InChI=1S/C50H51Cl2FN6O5/c1-49(2,3)24-41-50(27-54-38-22-30(51)15-17-35(38)50)43(33-11-6-12-36(52)44(33)53)45(56-41)47(62)55-37-18-16-31(23-40(37)64-4)58-21-7-8-28(25-58)13-14-29-9-5-10-32-34(29)26-59(48(32)63)39-19-20-42(60)57-46(39)61/h5-6,9-12,15-18,22-23,28,39,41,43,45,54,56H,7-8,19-21,24-27H2,1-4H3,(H,55,62)(H,57,60,61)/t28-,39+,41+,43+,45-,50+/m1/s1. The number of nitrogens with zero attached hydrogens (tertiary/aromatic N) is 2. The summed E-state index contributed by atoms with van der Waals surface area (Å²) in [6, 6.07) is 20.2. The lowest BCUT2D eigenvalue weighted by molar-refractivity contribution is -0.137. The zero-order valence-corrected chi connectivity index (χ0v) is 37.8. The van der Waals surface area contributed by atoms with Crippen LogP contribution in [0.5, 0.6) is 5.75 Å². The molecule has 4 aromatic carbocycles. The number of nitrogens with one attached hydrogen (secondary N) is 4. The Kier molecular flexibility index (Phi) is 11.6. The van der Waals surface area contributed by atoms with E-state index in [2.05, 4.69) is 58.8 Å². The van der Waals surface area contributed by atoms with E-state index in [1.165, 1.54) is 6.07 Å². The quantitative estimate of drug-likeness (QED) is 0.108. The monoisotopic (exact) mass is 904 g/mol. The molecule has 6 atom stereocenters. The SMILES string of the molecule is COc1cc(N2CCC[C@H](C#Cc3cccc4c3CN([C@H]3CCC(=O)NC3=O)C4=O)C2)ccc1NC(=O)[C@@H]1N[C@@H](CC(C)(C)C)[C@@]2(CNc3cc(Cl)ccc32)[C@H]1c1cccc(Cl)c1F. The Morgan fingerprint density at radius 1 is 1.03 bits per heavy atom. The third-order valence-corrected chi connectivity index (χ3v) is 14.1. The van der Waals surface area contributed by atoms with Crippen molar-refractivity contribution in [3.8, 4) is 17.6 Å². The average Bonchev–Trinajstić information content (AvgIpc) is 3.91. The first-order valence-corrected chi connectivity index (χ1v) is 22.7. The van der Waals surface area contributed by atoms with E-state index in [0.717, 1.165) is 47.5 Å². The second kappa shape index (κ2) is 17.1. The molecule has 5 heterocycles. The molecule has 4 N–H and O–H groups in total. The van der Waals surface area contributed by atoms with Gasteiger partial charge in [-0.3, -0.25) is 24.5 Å². The molecule has 5 aliphatic rings. The molecule has 332 valence electrons. The van der Waals surface area contributed by atoms with Gasteiger partial charge in [0.25, 0.3) is 5.91 Å². The molecule has 3 saturated heterocycles. The minimum Gasteiger partial charge on any atom is -0.494 e. The highest BCUT2D eigenvalue weighted by Gasteiger charge is 2.61. The third kappa shape index (κ3) is 7.96. The number of anilines is 3. The summed E-state index contributed by atoms with van der Waals surface area (Å²) in [4.78, 5) is 56.4. The molecular weight excluding hydrogens is 854 g/mol.